The van der Waals surface area contributed by atoms with Gasteiger partial charge in [-0.15, -0.1) is 11.3 Å². The zero-order valence-electron chi connectivity index (χ0n) is 16.7. The summed E-state index contributed by atoms with van der Waals surface area (Å²) in [6.45, 7) is 9.41. The number of nitrogens with one attached hydrogen (secondary N) is 2. The van der Waals surface area contributed by atoms with Gasteiger partial charge in [0.2, 0.25) is 0 Å². The minimum Gasteiger partial charge on any atom is -0.352 e. The van der Waals surface area contributed by atoms with E-state index < -0.39 is 0 Å². The molecule has 5 nitrogen and oxygen atoms in total. The zero-order valence-corrected chi connectivity index (χ0v) is 17.5. The highest BCUT2D eigenvalue weighted by atomic mass is 32.1. The molecule has 1 aliphatic rings. The molecular weight excluding hydrogens is 354 g/mol. The number of likely N-dealkylation sites (tertiary alicyclic amines) is 1. The molecule has 146 valence electrons. The van der Waals surface area contributed by atoms with Gasteiger partial charge in [0.1, 0.15) is 5.01 Å². The third-order valence-corrected chi connectivity index (χ3v) is 5.84. The Hall–Kier alpha value is -1.92. The van der Waals surface area contributed by atoms with E-state index in [2.05, 4.69) is 63.6 Å². The second-order valence-corrected chi connectivity index (χ2v) is 8.76. The van der Waals surface area contributed by atoms with Crippen LogP contribution in [0.25, 0.3) is 0 Å². The Kier molecular flexibility index (Phi) is 7.24. The summed E-state index contributed by atoms with van der Waals surface area (Å²) in [5.41, 5.74) is 2.66. The lowest BCUT2D eigenvalue weighted by Crippen LogP contribution is -2.36. The van der Waals surface area contributed by atoms with Crippen molar-refractivity contribution in [2.75, 3.05) is 20.1 Å². The van der Waals surface area contributed by atoms with Gasteiger partial charge >= 0.3 is 0 Å². The third kappa shape index (κ3) is 6.33. The quantitative estimate of drug-likeness (QED) is 0.590. The van der Waals surface area contributed by atoms with Gasteiger partial charge in [-0.3, -0.25) is 9.89 Å². The SMILES string of the molecule is CN=C(NCc1ccc(CN2CCCC(C)C2)cc1)NCc1ncc(C)s1. The molecule has 1 atom stereocenters. The maximum Gasteiger partial charge on any atom is 0.191 e. The van der Waals surface area contributed by atoms with Gasteiger partial charge in [0.15, 0.2) is 5.96 Å². The van der Waals surface area contributed by atoms with Crippen LogP contribution in [-0.4, -0.2) is 36.0 Å². The molecule has 1 aromatic carbocycles. The summed E-state index contributed by atoms with van der Waals surface area (Å²) in [5, 5.41) is 7.77. The van der Waals surface area contributed by atoms with Crippen molar-refractivity contribution in [3.63, 3.8) is 0 Å². The number of hydrogen-bond acceptors (Lipinski definition) is 4. The minimum atomic E-state index is 0.700. The molecule has 27 heavy (non-hydrogen) atoms. The van der Waals surface area contributed by atoms with Gasteiger partial charge in [-0.2, -0.15) is 0 Å². The molecule has 0 radical (unpaired) electrons. The topological polar surface area (TPSA) is 52.6 Å². The van der Waals surface area contributed by atoms with Crippen LogP contribution in [0.2, 0.25) is 0 Å². The van der Waals surface area contributed by atoms with Gasteiger partial charge in [-0.1, -0.05) is 31.2 Å². The van der Waals surface area contributed by atoms with Crippen LogP contribution in [0.5, 0.6) is 0 Å². The maximum absolute atomic E-state index is 4.37. The van der Waals surface area contributed by atoms with Crippen molar-refractivity contribution >= 4 is 17.3 Å². The number of aryl methyl sites for hydroxylation is 1. The number of benzene rings is 1. The molecule has 1 saturated heterocycles. The lowest BCUT2D eigenvalue weighted by molar-refractivity contribution is 0.176. The van der Waals surface area contributed by atoms with Crippen LogP contribution >= 0.6 is 11.3 Å². The summed E-state index contributed by atoms with van der Waals surface area (Å²) in [5.74, 6) is 1.63. The number of piperidine rings is 1. The van der Waals surface area contributed by atoms with Crippen molar-refractivity contribution in [1.82, 2.24) is 20.5 Å². The van der Waals surface area contributed by atoms with E-state index in [1.54, 1.807) is 18.4 Å². The van der Waals surface area contributed by atoms with Gasteiger partial charge < -0.3 is 10.6 Å². The summed E-state index contributed by atoms with van der Waals surface area (Å²) >= 11 is 1.71. The van der Waals surface area contributed by atoms with Gasteiger partial charge in [0, 0.05) is 37.8 Å². The molecule has 0 aliphatic carbocycles. The molecule has 0 spiro atoms. The molecule has 2 heterocycles. The number of guanidine groups is 1. The average Bonchev–Trinajstić information content (AvgIpc) is 3.08. The maximum atomic E-state index is 4.37. The molecule has 1 aromatic heterocycles. The van der Waals surface area contributed by atoms with Gasteiger partial charge in [0.25, 0.3) is 0 Å². The molecule has 0 bridgehead atoms. The highest BCUT2D eigenvalue weighted by molar-refractivity contribution is 7.11. The Morgan fingerprint density at radius 1 is 1.22 bits per heavy atom. The zero-order chi connectivity index (χ0) is 19.1. The molecular formula is C21H31N5S. The van der Waals surface area contributed by atoms with Crippen molar-refractivity contribution in [3.8, 4) is 0 Å². The number of hydrogen-bond donors (Lipinski definition) is 2. The smallest absolute Gasteiger partial charge is 0.191 e. The summed E-state index contributed by atoms with van der Waals surface area (Å²) in [4.78, 5) is 12.5. The number of thiazole rings is 1. The van der Waals surface area contributed by atoms with E-state index in [9.17, 15) is 0 Å². The number of rotatable bonds is 6. The highest BCUT2D eigenvalue weighted by Gasteiger charge is 2.16. The van der Waals surface area contributed by atoms with Crippen LogP contribution in [0.1, 0.15) is 40.8 Å². The first-order valence-electron chi connectivity index (χ1n) is 9.78. The van der Waals surface area contributed by atoms with Crippen molar-refractivity contribution in [3.05, 3.63) is 51.5 Å². The first-order valence-corrected chi connectivity index (χ1v) is 10.6. The predicted octanol–water partition coefficient (Wildman–Crippen LogP) is 3.55. The fourth-order valence-electron chi connectivity index (χ4n) is 3.50. The Morgan fingerprint density at radius 3 is 2.63 bits per heavy atom. The van der Waals surface area contributed by atoms with E-state index in [1.807, 2.05) is 6.20 Å². The first-order chi connectivity index (χ1) is 13.1. The standard InChI is InChI=1S/C21H31N5S/c1-16-5-4-10-26(14-16)15-19-8-6-18(7-9-19)12-24-21(22-3)25-13-20-23-11-17(2)27-20/h6-9,11,16H,4-5,10,12-15H2,1-3H3,(H2,22,24,25). The second kappa shape index (κ2) is 9.85. The summed E-state index contributed by atoms with van der Waals surface area (Å²) < 4.78 is 0. The molecule has 1 unspecified atom stereocenters. The van der Waals surface area contributed by atoms with E-state index in [0.29, 0.717) is 6.54 Å². The Bertz CT molecular complexity index is 737. The van der Waals surface area contributed by atoms with Crippen LogP contribution in [0.3, 0.4) is 0 Å². The molecule has 1 fully saturated rings. The third-order valence-electron chi connectivity index (χ3n) is 4.93. The minimum absolute atomic E-state index is 0.700. The van der Waals surface area contributed by atoms with E-state index >= 15 is 0 Å². The van der Waals surface area contributed by atoms with E-state index in [4.69, 9.17) is 0 Å². The fraction of sp³-hybridized carbons (Fsp3) is 0.524. The average molecular weight is 386 g/mol. The van der Waals surface area contributed by atoms with Gasteiger partial charge in [0.05, 0.1) is 6.54 Å². The summed E-state index contributed by atoms with van der Waals surface area (Å²) in [7, 11) is 1.80. The molecule has 0 amide bonds. The van der Waals surface area contributed by atoms with E-state index in [1.165, 1.54) is 41.9 Å². The van der Waals surface area contributed by atoms with Gasteiger partial charge in [-0.25, -0.2) is 4.98 Å². The van der Waals surface area contributed by atoms with Crippen molar-refractivity contribution in [2.45, 2.75) is 46.3 Å². The van der Waals surface area contributed by atoms with E-state index in [-0.39, 0.29) is 0 Å². The Morgan fingerprint density at radius 2 is 1.96 bits per heavy atom. The second-order valence-electron chi connectivity index (χ2n) is 7.44. The first kappa shape index (κ1) is 19.8. The highest BCUT2D eigenvalue weighted by Crippen LogP contribution is 2.18. The van der Waals surface area contributed by atoms with Crippen LogP contribution in [0.15, 0.2) is 35.5 Å². The largest absolute Gasteiger partial charge is 0.352 e. The van der Waals surface area contributed by atoms with Crippen LogP contribution < -0.4 is 10.6 Å². The number of aromatic nitrogens is 1. The Balaban J connectivity index is 1.44. The van der Waals surface area contributed by atoms with Crippen molar-refractivity contribution in [1.29, 1.82) is 0 Å². The summed E-state index contributed by atoms with van der Waals surface area (Å²) in [6, 6.07) is 8.94. The number of nitrogens with zero attached hydrogens (tertiary/aromatic N) is 3. The predicted molar refractivity (Wildman–Crippen MR) is 114 cm³/mol. The molecule has 1 aliphatic heterocycles. The van der Waals surface area contributed by atoms with Crippen molar-refractivity contribution < 1.29 is 0 Å². The van der Waals surface area contributed by atoms with Crippen LogP contribution in [-0.2, 0) is 19.6 Å². The van der Waals surface area contributed by atoms with Crippen LogP contribution in [0.4, 0.5) is 0 Å². The molecule has 3 rings (SSSR count). The van der Waals surface area contributed by atoms with Gasteiger partial charge in [-0.05, 0) is 43.4 Å². The lowest BCUT2D eigenvalue weighted by Gasteiger charge is -2.30. The molecule has 6 heteroatoms. The number of aliphatic imine (C=N–C) groups is 1. The van der Waals surface area contributed by atoms with E-state index in [0.717, 1.165) is 30.0 Å². The Labute approximate surface area is 166 Å². The fourth-order valence-corrected chi connectivity index (χ4v) is 4.23. The normalized spacial score (nSPS) is 18.5. The lowest BCUT2D eigenvalue weighted by atomic mass is 9.99. The molecule has 2 N–H and O–H groups in total. The van der Waals surface area contributed by atoms with Crippen molar-refractivity contribution in [2.24, 2.45) is 10.9 Å². The molecule has 2 aromatic rings. The van der Waals surface area contributed by atoms with Crippen LogP contribution in [0, 0.1) is 12.8 Å². The monoisotopic (exact) mass is 385 g/mol. The molecule has 0 saturated carbocycles. The summed E-state index contributed by atoms with van der Waals surface area (Å²) in [6.07, 6.45) is 4.61.